The second-order valence-corrected chi connectivity index (χ2v) is 12.8. The molecule has 13 heteroatoms. The number of imide groups is 1. The standard InChI is InChI=1S/C27H28FN5O5S2/c1-17-4-9-25(39-17)40(37,38)31-27(36)30-20-6-8-23(22(28)16-20)33-24(34)15-18-14-19(5-7-21(18)26(33)35)29-10-13-32-11-2-3-12-32/h4-9,14,16,29H,2-3,10-13,15H2,1H3,(H2,30,31,36). The maximum atomic E-state index is 15.1. The molecule has 0 radical (unpaired) electrons. The molecule has 2 aliphatic heterocycles. The number of thiophene rings is 1. The van der Waals surface area contributed by atoms with Crippen molar-refractivity contribution < 1.29 is 27.2 Å². The number of sulfonamides is 1. The summed E-state index contributed by atoms with van der Waals surface area (Å²) < 4.78 is 41.6. The molecule has 2 aromatic carbocycles. The zero-order chi connectivity index (χ0) is 28.4. The summed E-state index contributed by atoms with van der Waals surface area (Å²) >= 11 is 1.00. The number of rotatable bonds is 8. The third-order valence-electron chi connectivity index (χ3n) is 6.74. The molecule has 1 fully saturated rings. The quantitative estimate of drug-likeness (QED) is 0.342. The van der Waals surface area contributed by atoms with E-state index < -0.39 is 33.7 Å². The number of carbonyl (C=O) groups is 3. The Balaban J connectivity index is 1.25. The van der Waals surface area contributed by atoms with Gasteiger partial charge in [-0.05, 0) is 86.9 Å². The van der Waals surface area contributed by atoms with Crippen LogP contribution in [0.15, 0.2) is 52.7 Å². The molecule has 0 spiro atoms. The molecule has 0 saturated carbocycles. The highest BCUT2D eigenvalue weighted by molar-refractivity contribution is 7.92. The Labute approximate surface area is 235 Å². The fourth-order valence-corrected chi connectivity index (χ4v) is 6.98. The van der Waals surface area contributed by atoms with E-state index in [1.54, 1.807) is 31.2 Å². The Bertz CT molecular complexity index is 1580. The lowest BCUT2D eigenvalue weighted by Gasteiger charge is -2.27. The van der Waals surface area contributed by atoms with E-state index in [9.17, 15) is 22.8 Å². The number of nitrogens with zero attached hydrogens (tertiary/aromatic N) is 2. The summed E-state index contributed by atoms with van der Waals surface area (Å²) in [6.45, 7) is 5.59. The highest BCUT2D eigenvalue weighted by Gasteiger charge is 2.34. The predicted molar refractivity (Wildman–Crippen MR) is 151 cm³/mol. The van der Waals surface area contributed by atoms with Gasteiger partial charge in [-0.1, -0.05) is 0 Å². The van der Waals surface area contributed by atoms with Gasteiger partial charge >= 0.3 is 6.03 Å². The van der Waals surface area contributed by atoms with Gasteiger partial charge in [0.15, 0.2) is 0 Å². The lowest BCUT2D eigenvalue weighted by atomic mass is 9.97. The first-order valence-corrected chi connectivity index (χ1v) is 15.1. The Morgan fingerprint density at radius 3 is 2.48 bits per heavy atom. The highest BCUT2D eigenvalue weighted by atomic mass is 32.2. The van der Waals surface area contributed by atoms with Crippen LogP contribution in [-0.4, -0.2) is 57.3 Å². The van der Waals surface area contributed by atoms with Crippen molar-refractivity contribution in [1.29, 1.82) is 0 Å². The van der Waals surface area contributed by atoms with Crippen LogP contribution in [0.5, 0.6) is 0 Å². The second kappa shape index (κ2) is 11.4. The van der Waals surface area contributed by atoms with Gasteiger partial charge in [-0.3, -0.25) is 9.59 Å². The number of halogens is 1. The molecule has 0 unspecified atom stereocenters. The molecule has 4 amide bonds. The van der Waals surface area contributed by atoms with Crippen molar-refractivity contribution in [2.24, 2.45) is 0 Å². The monoisotopic (exact) mass is 585 g/mol. The maximum absolute atomic E-state index is 15.1. The fraction of sp³-hybridized carbons (Fsp3) is 0.296. The van der Waals surface area contributed by atoms with Crippen molar-refractivity contribution in [2.45, 2.75) is 30.4 Å². The predicted octanol–water partition coefficient (Wildman–Crippen LogP) is 3.94. The number of aryl methyl sites for hydroxylation is 1. The number of anilines is 3. The molecule has 0 atom stereocenters. The third-order valence-corrected chi connectivity index (χ3v) is 9.56. The van der Waals surface area contributed by atoms with Gasteiger partial charge in [0.1, 0.15) is 10.0 Å². The van der Waals surface area contributed by atoms with E-state index in [0.717, 1.165) is 59.0 Å². The van der Waals surface area contributed by atoms with E-state index in [2.05, 4.69) is 15.5 Å². The largest absolute Gasteiger partial charge is 0.384 e. The third kappa shape index (κ3) is 6.01. The Morgan fingerprint density at radius 2 is 1.77 bits per heavy atom. The number of urea groups is 1. The fourth-order valence-electron chi connectivity index (χ4n) is 4.79. The van der Waals surface area contributed by atoms with E-state index in [-0.39, 0.29) is 22.0 Å². The topological polar surface area (TPSA) is 128 Å². The average Bonchev–Trinajstić information content (AvgIpc) is 3.57. The van der Waals surface area contributed by atoms with Gasteiger partial charge in [-0.2, -0.15) is 0 Å². The molecule has 40 heavy (non-hydrogen) atoms. The molecule has 2 aliphatic rings. The van der Waals surface area contributed by atoms with Crippen LogP contribution >= 0.6 is 11.3 Å². The molecule has 0 aliphatic carbocycles. The molecule has 210 valence electrons. The van der Waals surface area contributed by atoms with Crippen LogP contribution in [0.1, 0.15) is 33.6 Å². The first kappa shape index (κ1) is 27.7. The molecular formula is C27H28FN5O5S2. The van der Waals surface area contributed by atoms with E-state index >= 15 is 4.39 Å². The van der Waals surface area contributed by atoms with Crippen LogP contribution < -0.4 is 20.3 Å². The number of benzene rings is 2. The second-order valence-electron chi connectivity index (χ2n) is 9.65. The zero-order valence-electron chi connectivity index (χ0n) is 21.7. The minimum absolute atomic E-state index is 0.0333. The molecule has 3 aromatic rings. The summed E-state index contributed by atoms with van der Waals surface area (Å²) in [5.74, 6) is -2.16. The summed E-state index contributed by atoms with van der Waals surface area (Å²) in [5.41, 5.74) is 1.36. The Hall–Kier alpha value is -3.81. The van der Waals surface area contributed by atoms with Gasteiger partial charge in [0.25, 0.3) is 15.9 Å². The lowest BCUT2D eigenvalue weighted by molar-refractivity contribution is -0.117. The van der Waals surface area contributed by atoms with E-state index in [1.807, 2.05) is 4.72 Å². The first-order chi connectivity index (χ1) is 19.1. The zero-order valence-corrected chi connectivity index (χ0v) is 23.3. The van der Waals surface area contributed by atoms with Crippen molar-refractivity contribution in [2.75, 3.05) is 41.7 Å². The van der Waals surface area contributed by atoms with Crippen molar-refractivity contribution in [3.8, 4) is 0 Å². The van der Waals surface area contributed by atoms with Gasteiger partial charge in [-0.25, -0.2) is 27.2 Å². The molecule has 0 bridgehead atoms. The number of hydrogen-bond acceptors (Lipinski definition) is 8. The molecule has 1 aromatic heterocycles. The number of likely N-dealkylation sites (tertiary alicyclic amines) is 1. The summed E-state index contributed by atoms with van der Waals surface area (Å²) in [7, 11) is -4.09. The van der Waals surface area contributed by atoms with Crippen LogP contribution in [-0.2, 0) is 21.2 Å². The minimum Gasteiger partial charge on any atom is -0.384 e. The van der Waals surface area contributed by atoms with Gasteiger partial charge in [-0.15, -0.1) is 11.3 Å². The van der Waals surface area contributed by atoms with E-state index in [4.69, 9.17) is 0 Å². The van der Waals surface area contributed by atoms with Gasteiger partial charge in [0.2, 0.25) is 5.91 Å². The molecule has 10 nitrogen and oxygen atoms in total. The average molecular weight is 586 g/mol. The van der Waals surface area contributed by atoms with Crippen LogP contribution in [0.2, 0.25) is 0 Å². The van der Waals surface area contributed by atoms with E-state index in [1.165, 1.54) is 31.0 Å². The molecular weight excluding hydrogens is 557 g/mol. The first-order valence-electron chi connectivity index (χ1n) is 12.8. The highest BCUT2D eigenvalue weighted by Crippen LogP contribution is 2.30. The minimum atomic E-state index is -4.09. The lowest BCUT2D eigenvalue weighted by Crippen LogP contribution is -2.43. The van der Waals surface area contributed by atoms with E-state index in [0.29, 0.717) is 11.1 Å². The van der Waals surface area contributed by atoms with Gasteiger partial charge in [0, 0.05) is 34.9 Å². The summed E-state index contributed by atoms with van der Waals surface area (Å²) in [6.07, 6.45) is 2.36. The van der Waals surface area contributed by atoms with Gasteiger partial charge < -0.3 is 15.5 Å². The summed E-state index contributed by atoms with van der Waals surface area (Å²) in [4.78, 5) is 42.3. The van der Waals surface area contributed by atoms with Crippen molar-refractivity contribution in [3.63, 3.8) is 0 Å². The van der Waals surface area contributed by atoms with Crippen molar-refractivity contribution in [1.82, 2.24) is 9.62 Å². The van der Waals surface area contributed by atoms with Crippen molar-refractivity contribution >= 4 is 56.3 Å². The molecule has 3 N–H and O–H groups in total. The van der Waals surface area contributed by atoms with Crippen LogP contribution in [0, 0.1) is 12.7 Å². The Kier molecular flexibility index (Phi) is 7.88. The van der Waals surface area contributed by atoms with Crippen LogP contribution in [0.3, 0.4) is 0 Å². The Morgan fingerprint density at radius 1 is 1.02 bits per heavy atom. The summed E-state index contributed by atoms with van der Waals surface area (Å²) in [6, 6.07) is 10.5. The number of hydrogen-bond donors (Lipinski definition) is 3. The SMILES string of the molecule is Cc1ccc(S(=O)(=O)NC(=O)Nc2ccc(N3C(=O)Cc4cc(NCCN5CCCC5)ccc4C3=O)c(F)c2)s1. The normalized spacial score (nSPS) is 15.7. The summed E-state index contributed by atoms with van der Waals surface area (Å²) in [5, 5.41) is 5.60. The maximum Gasteiger partial charge on any atom is 0.333 e. The molecule has 1 saturated heterocycles. The van der Waals surface area contributed by atoms with Crippen LogP contribution in [0.25, 0.3) is 0 Å². The number of nitrogens with one attached hydrogen (secondary N) is 3. The van der Waals surface area contributed by atoms with Crippen molar-refractivity contribution in [3.05, 3.63) is 70.4 Å². The smallest absolute Gasteiger partial charge is 0.333 e. The number of fused-ring (bicyclic) bond motifs is 1. The molecule has 5 rings (SSSR count). The van der Waals surface area contributed by atoms with Gasteiger partial charge in [0.05, 0.1) is 12.1 Å². The van der Waals surface area contributed by atoms with Crippen LogP contribution in [0.4, 0.5) is 26.2 Å². The number of carbonyl (C=O) groups excluding carboxylic acids is 3. The number of amides is 4. The molecule has 3 heterocycles.